The lowest BCUT2D eigenvalue weighted by atomic mass is 9.91. The van der Waals surface area contributed by atoms with Crippen LogP contribution in [0.2, 0.25) is 0 Å². The van der Waals surface area contributed by atoms with Gasteiger partial charge in [-0.1, -0.05) is 24.3 Å². The molecule has 0 unspecified atom stereocenters. The molecule has 1 amide bonds. The van der Waals surface area contributed by atoms with E-state index in [4.69, 9.17) is 10.7 Å². The van der Waals surface area contributed by atoms with E-state index in [0.717, 1.165) is 49.0 Å². The van der Waals surface area contributed by atoms with Crippen LogP contribution in [0.4, 0.5) is 11.5 Å². The average molecular weight is 500 g/mol. The molecular formula is C29H30ClN5O. The Hall–Kier alpha value is -3.48. The molecule has 2 aromatic carbocycles. The van der Waals surface area contributed by atoms with Crippen molar-refractivity contribution in [1.82, 2.24) is 9.97 Å². The number of aromatic nitrogens is 2. The molecule has 2 aromatic heterocycles. The molecule has 6 nitrogen and oxygen atoms in total. The first-order chi connectivity index (χ1) is 17.2. The Bertz CT molecular complexity index is 1410. The van der Waals surface area contributed by atoms with Gasteiger partial charge < -0.3 is 16.0 Å². The first kappa shape index (κ1) is 24.2. The fraction of sp³-hybridized carbons (Fsp3) is 0.276. The van der Waals surface area contributed by atoms with Crippen molar-refractivity contribution in [3.63, 3.8) is 0 Å². The standard InChI is InChI=1S/C29H29N5O.ClH/c30-22-13-15-34(18-22)28-23-8-4-5-9-25(23)32-26-11-10-20(16-24(26)28)21-12-14-31-27(17-21)33-29(35)19-6-2-1-3-7-19;/h1-3,6-7,10-12,14,16-17,22H,4-5,8-9,13,15,18,30H2,(H,31,33,35);1H/t22-;/m0./s1. The molecule has 3 N–H and O–H groups in total. The minimum Gasteiger partial charge on any atom is -0.369 e. The van der Waals surface area contributed by atoms with Crippen LogP contribution in [0.5, 0.6) is 0 Å². The third kappa shape index (κ3) is 4.66. The highest BCUT2D eigenvalue weighted by Crippen LogP contribution is 2.39. The molecule has 1 saturated heterocycles. The average Bonchev–Trinajstić information content (AvgIpc) is 3.33. The van der Waals surface area contributed by atoms with Crippen LogP contribution in [0.3, 0.4) is 0 Å². The van der Waals surface area contributed by atoms with Crippen LogP contribution in [0, 0.1) is 0 Å². The number of nitrogens with zero attached hydrogens (tertiary/aromatic N) is 3. The van der Waals surface area contributed by atoms with Crippen molar-refractivity contribution in [2.45, 2.75) is 38.1 Å². The number of aryl methyl sites for hydroxylation is 1. The minimum atomic E-state index is -0.169. The van der Waals surface area contributed by atoms with E-state index in [-0.39, 0.29) is 24.4 Å². The largest absolute Gasteiger partial charge is 0.369 e. The third-order valence-electron chi connectivity index (χ3n) is 7.14. The van der Waals surface area contributed by atoms with Gasteiger partial charge in [0, 0.05) is 42.0 Å². The Balaban J connectivity index is 0.00000267. The number of benzene rings is 2. The van der Waals surface area contributed by atoms with Gasteiger partial charge in [0.25, 0.3) is 5.91 Å². The fourth-order valence-electron chi connectivity index (χ4n) is 5.39. The molecule has 1 aliphatic carbocycles. The number of pyridine rings is 2. The number of hydrogen-bond donors (Lipinski definition) is 2. The summed E-state index contributed by atoms with van der Waals surface area (Å²) >= 11 is 0. The molecule has 0 spiro atoms. The van der Waals surface area contributed by atoms with Gasteiger partial charge in [-0.3, -0.25) is 9.78 Å². The van der Waals surface area contributed by atoms with Crippen LogP contribution >= 0.6 is 12.4 Å². The summed E-state index contributed by atoms with van der Waals surface area (Å²) in [6.07, 6.45) is 7.31. The van der Waals surface area contributed by atoms with Crippen molar-refractivity contribution in [2.75, 3.05) is 23.3 Å². The van der Waals surface area contributed by atoms with Gasteiger partial charge in [-0.05, 0) is 85.2 Å². The molecule has 4 aromatic rings. The maximum Gasteiger partial charge on any atom is 0.256 e. The normalized spacial score (nSPS) is 16.9. The predicted octanol–water partition coefficient (Wildman–Crippen LogP) is 5.39. The lowest BCUT2D eigenvalue weighted by Gasteiger charge is -2.28. The van der Waals surface area contributed by atoms with E-state index in [0.29, 0.717) is 11.4 Å². The summed E-state index contributed by atoms with van der Waals surface area (Å²) in [5.74, 6) is 0.364. The molecule has 36 heavy (non-hydrogen) atoms. The number of nitrogens with one attached hydrogen (secondary N) is 1. The van der Waals surface area contributed by atoms with Gasteiger partial charge in [0.1, 0.15) is 5.82 Å². The topological polar surface area (TPSA) is 84.1 Å². The predicted molar refractivity (Wildman–Crippen MR) is 148 cm³/mol. The summed E-state index contributed by atoms with van der Waals surface area (Å²) in [6.45, 7) is 1.88. The van der Waals surface area contributed by atoms with Crippen LogP contribution in [-0.2, 0) is 12.8 Å². The first-order valence-electron chi connectivity index (χ1n) is 12.4. The number of carbonyl (C=O) groups excluding carboxylic acids is 1. The summed E-state index contributed by atoms with van der Waals surface area (Å²) < 4.78 is 0. The Morgan fingerprint density at radius 3 is 2.61 bits per heavy atom. The number of amides is 1. The van der Waals surface area contributed by atoms with E-state index in [1.54, 1.807) is 18.3 Å². The fourth-order valence-corrected chi connectivity index (χ4v) is 5.39. The highest BCUT2D eigenvalue weighted by molar-refractivity contribution is 6.04. The molecular weight excluding hydrogens is 470 g/mol. The lowest BCUT2D eigenvalue weighted by Crippen LogP contribution is -2.28. The Kier molecular flexibility index (Phi) is 6.90. The second kappa shape index (κ2) is 10.2. The molecule has 1 atom stereocenters. The van der Waals surface area contributed by atoms with Crippen molar-refractivity contribution in [2.24, 2.45) is 5.73 Å². The van der Waals surface area contributed by atoms with Gasteiger partial charge in [-0.2, -0.15) is 0 Å². The van der Waals surface area contributed by atoms with E-state index in [1.807, 2.05) is 30.3 Å². The Morgan fingerprint density at radius 2 is 1.81 bits per heavy atom. The third-order valence-corrected chi connectivity index (χ3v) is 7.14. The van der Waals surface area contributed by atoms with E-state index >= 15 is 0 Å². The number of carbonyl (C=O) groups is 1. The van der Waals surface area contributed by atoms with Crippen LogP contribution in [0.1, 0.15) is 40.9 Å². The number of hydrogen-bond acceptors (Lipinski definition) is 5. The van der Waals surface area contributed by atoms with Crippen LogP contribution in [0.25, 0.3) is 22.0 Å². The summed E-state index contributed by atoms with van der Waals surface area (Å²) in [5, 5.41) is 4.11. The second-order valence-corrected chi connectivity index (χ2v) is 9.57. The summed E-state index contributed by atoms with van der Waals surface area (Å²) in [7, 11) is 0. The van der Waals surface area contributed by atoms with Gasteiger partial charge in [-0.25, -0.2) is 4.98 Å². The van der Waals surface area contributed by atoms with Crippen LogP contribution in [0.15, 0.2) is 66.9 Å². The molecule has 6 rings (SSSR count). The molecule has 0 bridgehead atoms. The maximum absolute atomic E-state index is 12.6. The Labute approximate surface area is 217 Å². The number of nitrogens with two attached hydrogens (primary N) is 1. The lowest BCUT2D eigenvalue weighted by molar-refractivity contribution is 0.102. The van der Waals surface area contributed by atoms with E-state index in [2.05, 4.69) is 33.4 Å². The minimum absolute atomic E-state index is 0. The number of fused-ring (bicyclic) bond motifs is 2. The molecule has 1 fully saturated rings. The summed E-state index contributed by atoms with van der Waals surface area (Å²) in [6, 6.07) is 19.8. The number of halogens is 1. The molecule has 0 saturated carbocycles. The zero-order valence-electron chi connectivity index (χ0n) is 20.1. The monoisotopic (exact) mass is 499 g/mol. The summed E-state index contributed by atoms with van der Waals surface area (Å²) in [5.41, 5.74) is 14.0. The quantitative estimate of drug-likeness (QED) is 0.393. The van der Waals surface area contributed by atoms with Gasteiger partial charge in [0.15, 0.2) is 0 Å². The van der Waals surface area contributed by atoms with E-state index in [9.17, 15) is 4.79 Å². The molecule has 3 heterocycles. The van der Waals surface area contributed by atoms with E-state index < -0.39 is 0 Å². The van der Waals surface area contributed by atoms with Gasteiger partial charge in [0.2, 0.25) is 0 Å². The SMILES string of the molecule is Cl.N[C@H]1CCN(c2c3c(nc4ccc(-c5ccnc(NC(=O)c6ccccc6)c5)cc24)CCCC3)C1. The molecule has 2 aliphatic rings. The molecule has 1 aliphatic heterocycles. The molecule has 7 heteroatoms. The number of anilines is 2. The van der Waals surface area contributed by atoms with Crippen molar-refractivity contribution in [3.05, 3.63) is 83.7 Å². The van der Waals surface area contributed by atoms with Crippen LogP contribution in [-0.4, -0.2) is 35.0 Å². The van der Waals surface area contributed by atoms with Crippen molar-refractivity contribution in [1.29, 1.82) is 0 Å². The molecule has 184 valence electrons. The van der Waals surface area contributed by atoms with Crippen molar-refractivity contribution < 1.29 is 4.79 Å². The van der Waals surface area contributed by atoms with Gasteiger partial charge >= 0.3 is 0 Å². The van der Waals surface area contributed by atoms with Crippen molar-refractivity contribution in [3.8, 4) is 11.1 Å². The second-order valence-electron chi connectivity index (χ2n) is 9.57. The van der Waals surface area contributed by atoms with E-state index in [1.165, 1.54) is 35.2 Å². The zero-order valence-corrected chi connectivity index (χ0v) is 20.9. The zero-order chi connectivity index (χ0) is 23.8. The van der Waals surface area contributed by atoms with Crippen molar-refractivity contribution >= 4 is 40.7 Å². The van der Waals surface area contributed by atoms with Gasteiger partial charge in [0.05, 0.1) is 11.2 Å². The number of rotatable bonds is 4. The first-order valence-corrected chi connectivity index (χ1v) is 12.4. The van der Waals surface area contributed by atoms with Gasteiger partial charge in [-0.15, -0.1) is 12.4 Å². The molecule has 0 radical (unpaired) electrons. The highest BCUT2D eigenvalue weighted by atomic mass is 35.5. The Morgan fingerprint density at radius 1 is 1.00 bits per heavy atom. The highest BCUT2D eigenvalue weighted by Gasteiger charge is 2.27. The smallest absolute Gasteiger partial charge is 0.256 e. The maximum atomic E-state index is 12.6. The summed E-state index contributed by atoms with van der Waals surface area (Å²) in [4.78, 5) is 24.5. The van der Waals surface area contributed by atoms with Crippen LogP contribution < -0.4 is 16.0 Å².